The Kier molecular flexibility index (Phi) is 6.18. The molecule has 1 aliphatic heterocycles. The number of Topliss-reactive ketones (excluding diaryl/α,β-unsaturated/α-hetero) is 1. The quantitative estimate of drug-likeness (QED) is 0.706. The highest BCUT2D eigenvalue weighted by Gasteiger charge is 2.38. The number of esters is 1. The molecule has 126 valence electrons. The number of hydrogen-bond acceptors (Lipinski definition) is 5. The van der Waals surface area contributed by atoms with E-state index in [1.165, 1.54) is 0 Å². The van der Waals surface area contributed by atoms with Gasteiger partial charge in [-0.25, -0.2) is 4.79 Å². The fourth-order valence-corrected chi connectivity index (χ4v) is 3.63. The number of carbonyl (C=O) groups excluding carboxylic acids is 2. The maximum absolute atomic E-state index is 12.5. The second kappa shape index (κ2) is 7.93. The van der Waals surface area contributed by atoms with E-state index in [1.54, 1.807) is 21.0 Å². The zero-order valence-electron chi connectivity index (χ0n) is 13.7. The van der Waals surface area contributed by atoms with Gasteiger partial charge in [0.05, 0.1) is 24.2 Å². The number of carbonyl (C=O) groups is 2. The van der Waals surface area contributed by atoms with Gasteiger partial charge >= 0.3 is 5.97 Å². The van der Waals surface area contributed by atoms with E-state index in [0.29, 0.717) is 18.9 Å². The maximum atomic E-state index is 12.5. The first kappa shape index (κ1) is 17.9. The molecule has 1 unspecified atom stereocenters. The molecule has 1 aliphatic rings. The first-order valence-corrected chi connectivity index (χ1v) is 8.55. The third kappa shape index (κ3) is 3.93. The average molecular weight is 384 g/mol. The van der Waals surface area contributed by atoms with Crippen LogP contribution >= 0.6 is 15.9 Å². The van der Waals surface area contributed by atoms with Gasteiger partial charge in [0, 0.05) is 6.54 Å². The first-order chi connectivity index (χ1) is 11.0. The predicted octanol–water partition coefficient (Wildman–Crippen LogP) is 3.12. The largest absolute Gasteiger partial charge is 0.496 e. The number of methoxy groups -OCH3 is 1. The fourth-order valence-electron chi connectivity index (χ4n) is 3.07. The second-order valence-corrected chi connectivity index (χ2v) is 6.41. The van der Waals surface area contributed by atoms with Crippen LogP contribution in [0.15, 0.2) is 22.7 Å². The number of ether oxygens (including phenoxy) is 2. The maximum Gasteiger partial charge on any atom is 0.328 e. The van der Waals surface area contributed by atoms with Crippen LogP contribution < -0.4 is 4.74 Å². The smallest absolute Gasteiger partial charge is 0.328 e. The summed E-state index contributed by atoms with van der Waals surface area (Å²) in [7, 11) is 1.59. The van der Waals surface area contributed by atoms with E-state index < -0.39 is 6.04 Å². The highest BCUT2D eigenvalue weighted by molar-refractivity contribution is 9.10. The number of benzene rings is 1. The lowest BCUT2D eigenvalue weighted by molar-refractivity contribution is -0.150. The van der Waals surface area contributed by atoms with Crippen LogP contribution in [-0.4, -0.2) is 43.0 Å². The number of nitrogens with zero attached hydrogens (tertiary/aromatic N) is 1. The van der Waals surface area contributed by atoms with Gasteiger partial charge < -0.3 is 9.47 Å². The topological polar surface area (TPSA) is 55.8 Å². The van der Waals surface area contributed by atoms with Gasteiger partial charge in [-0.3, -0.25) is 9.69 Å². The Hall–Kier alpha value is -1.40. The van der Waals surface area contributed by atoms with E-state index in [9.17, 15) is 9.59 Å². The van der Waals surface area contributed by atoms with E-state index in [-0.39, 0.29) is 17.8 Å². The molecular formula is C17H22BrNO4. The highest BCUT2D eigenvalue weighted by atomic mass is 79.9. The van der Waals surface area contributed by atoms with Crippen molar-refractivity contribution in [1.29, 1.82) is 0 Å². The Morgan fingerprint density at radius 1 is 1.43 bits per heavy atom. The van der Waals surface area contributed by atoms with Gasteiger partial charge in [-0.1, -0.05) is 6.07 Å². The molecule has 1 aromatic carbocycles. The van der Waals surface area contributed by atoms with Crippen LogP contribution in [0.1, 0.15) is 38.3 Å². The third-order valence-electron chi connectivity index (χ3n) is 4.10. The molecule has 5 nitrogen and oxygen atoms in total. The van der Waals surface area contributed by atoms with Crippen LogP contribution in [0.4, 0.5) is 0 Å². The molecule has 1 saturated heterocycles. The molecule has 2 rings (SSSR count). The standard InChI is InChI=1S/C17H22BrNO4/c1-4-23-17(21)16(19-9-5-6-14(19)11(2)20)12-7-8-15(22-3)13(18)10-12/h7-8,10,14,16H,4-6,9H2,1-3H3/t14-,16?/m1/s1. The van der Waals surface area contributed by atoms with Gasteiger partial charge in [0.2, 0.25) is 0 Å². The van der Waals surface area contributed by atoms with Crippen molar-refractivity contribution in [3.8, 4) is 5.75 Å². The Labute approximate surface area is 145 Å². The zero-order valence-corrected chi connectivity index (χ0v) is 15.3. The summed E-state index contributed by atoms with van der Waals surface area (Å²) in [5.74, 6) is 0.461. The third-order valence-corrected chi connectivity index (χ3v) is 4.72. The van der Waals surface area contributed by atoms with Crippen LogP contribution in [0.5, 0.6) is 5.75 Å². The van der Waals surface area contributed by atoms with Gasteiger partial charge in [0.25, 0.3) is 0 Å². The lowest BCUT2D eigenvalue weighted by Gasteiger charge is -2.30. The molecule has 0 spiro atoms. The Bertz CT molecular complexity index is 590. The summed E-state index contributed by atoms with van der Waals surface area (Å²) in [5.41, 5.74) is 0.796. The number of ketones is 1. The molecule has 0 N–H and O–H groups in total. The van der Waals surface area contributed by atoms with E-state index in [1.807, 2.05) is 23.1 Å². The van der Waals surface area contributed by atoms with Crippen molar-refractivity contribution < 1.29 is 19.1 Å². The molecule has 1 aromatic rings. The molecule has 0 saturated carbocycles. The zero-order chi connectivity index (χ0) is 17.0. The molecule has 0 bridgehead atoms. The molecule has 2 atom stereocenters. The van der Waals surface area contributed by atoms with Crippen molar-refractivity contribution >= 4 is 27.7 Å². The van der Waals surface area contributed by atoms with Crippen molar-refractivity contribution in [2.75, 3.05) is 20.3 Å². The average Bonchev–Trinajstić information content (AvgIpc) is 2.97. The van der Waals surface area contributed by atoms with Crippen LogP contribution in [0.2, 0.25) is 0 Å². The SMILES string of the molecule is CCOC(=O)C(c1ccc(OC)c(Br)c1)N1CCC[C@@H]1C(C)=O. The fraction of sp³-hybridized carbons (Fsp3) is 0.529. The Morgan fingerprint density at radius 3 is 2.74 bits per heavy atom. The minimum atomic E-state index is -0.575. The highest BCUT2D eigenvalue weighted by Crippen LogP contribution is 2.34. The summed E-state index contributed by atoms with van der Waals surface area (Å²) >= 11 is 3.45. The van der Waals surface area contributed by atoms with Gasteiger partial charge in [0.15, 0.2) is 0 Å². The lowest BCUT2D eigenvalue weighted by Crippen LogP contribution is -2.41. The number of halogens is 1. The number of likely N-dealkylation sites (tertiary alicyclic amines) is 1. The van der Waals surface area contributed by atoms with Crippen molar-refractivity contribution in [1.82, 2.24) is 4.90 Å². The minimum Gasteiger partial charge on any atom is -0.496 e. The van der Waals surface area contributed by atoms with Crippen molar-refractivity contribution in [2.24, 2.45) is 0 Å². The van der Waals surface area contributed by atoms with E-state index in [2.05, 4.69) is 15.9 Å². The second-order valence-electron chi connectivity index (χ2n) is 5.56. The molecule has 0 radical (unpaired) electrons. The minimum absolute atomic E-state index is 0.0874. The van der Waals surface area contributed by atoms with E-state index in [4.69, 9.17) is 9.47 Å². The molecule has 0 aromatic heterocycles. The number of rotatable bonds is 6. The van der Waals surface area contributed by atoms with Crippen LogP contribution in [0.25, 0.3) is 0 Å². The molecule has 23 heavy (non-hydrogen) atoms. The first-order valence-electron chi connectivity index (χ1n) is 7.75. The monoisotopic (exact) mass is 383 g/mol. The van der Waals surface area contributed by atoms with Crippen LogP contribution in [0.3, 0.4) is 0 Å². The van der Waals surface area contributed by atoms with Gasteiger partial charge in [-0.2, -0.15) is 0 Å². The van der Waals surface area contributed by atoms with Crippen molar-refractivity contribution in [3.05, 3.63) is 28.2 Å². The molecule has 0 aliphatic carbocycles. The summed E-state index contributed by atoms with van der Waals surface area (Å²) in [6, 6.07) is 4.71. The summed E-state index contributed by atoms with van der Waals surface area (Å²) in [6.45, 7) is 4.38. The summed E-state index contributed by atoms with van der Waals surface area (Å²) in [6.07, 6.45) is 1.68. The van der Waals surface area contributed by atoms with Crippen LogP contribution in [0, 0.1) is 0 Å². The van der Waals surface area contributed by atoms with Crippen molar-refractivity contribution in [3.63, 3.8) is 0 Å². The summed E-state index contributed by atoms with van der Waals surface area (Å²) in [4.78, 5) is 26.4. The lowest BCUT2D eigenvalue weighted by atomic mass is 10.0. The molecule has 1 heterocycles. The molecular weight excluding hydrogens is 362 g/mol. The number of hydrogen-bond donors (Lipinski definition) is 0. The van der Waals surface area contributed by atoms with Gasteiger partial charge in [0.1, 0.15) is 17.6 Å². The Balaban J connectivity index is 2.40. The normalized spacial score (nSPS) is 19.4. The van der Waals surface area contributed by atoms with Gasteiger partial charge in [-0.05, 0) is 60.3 Å². The molecule has 6 heteroatoms. The molecule has 1 fully saturated rings. The Morgan fingerprint density at radius 2 is 2.17 bits per heavy atom. The summed E-state index contributed by atoms with van der Waals surface area (Å²) in [5, 5.41) is 0. The van der Waals surface area contributed by atoms with Gasteiger partial charge in [-0.15, -0.1) is 0 Å². The van der Waals surface area contributed by atoms with Crippen LogP contribution in [-0.2, 0) is 14.3 Å². The van der Waals surface area contributed by atoms with Crippen molar-refractivity contribution in [2.45, 2.75) is 38.8 Å². The predicted molar refractivity (Wildman–Crippen MR) is 90.5 cm³/mol. The summed E-state index contributed by atoms with van der Waals surface area (Å²) < 4.78 is 11.3. The van der Waals surface area contributed by atoms with E-state index >= 15 is 0 Å². The van der Waals surface area contributed by atoms with E-state index in [0.717, 1.165) is 22.9 Å². The molecule has 0 amide bonds.